The Morgan fingerprint density at radius 1 is 0.886 bits per heavy atom. The van der Waals surface area contributed by atoms with Crippen molar-refractivity contribution in [3.8, 4) is 17.2 Å². The van der Waals surface area contributed by atoms with Crippen molar-refractivity contribution in [2.45, 2.75) is 6.04 Å². The van der Waals surface area contributed by atoms with Gasteiger partial charge in [0.25, 0.3) is 5.91 Å². The molecular formula is C26H27BrN2O6. The summed E-state index contributed by atoms with van der Waals surface area (Å²) < 4.78 is 21.7. The summed E-state index contributed by atoms with van der Waals surface area (Å²) in [6.07, 6.45) is 0. The SMILES string of the molecule is COC(=O)CNC(c1ccccc1)c1cc(Br)ccc1NC(=O)c1cc(OC)c(OC)c(OC)c1. The Labute approximate surface area is 212 Å². The highest BCUT2D eigenvalue weighted by Crippen LogP contribution is 2.39. The predicted octanol–water partition coefficient (Wildman–Crippen LogP) is 4.58. The third kappa shape index (κ3) is 6.32. The molecule has 0 aliphatic carbocycles. The molecule has 3 rings (SSSR count). The van der Waals surface area contributed by atoms with Gasteiger partial charge < -0.3 is 24.3 Å². The second-order valence-corrected chi connectivity index (χ2v) is 8.32. The van der Waals surface area contributed by atoms with Gasteiger partial charge in [-0.1, -0.05) is 46.3 Å². The van der Waals surface area contributed by atoms with Crippen molar-refractivity contribution < 1.29 is 28.5 Å². The molecule has 0 radical (unpaired) electrons. The van der Waals surface area contributed by atoms with Gasteiger partial charge >= 0.3 is 5.97 Å². The first kappa shape index (κ1) is 26.1. The van der Waals surface area contributed by atoms with E-state index in [9.17, 15) is 9.59 Å². The molecule has 1 atom stereocenters. The van der Waals surface area contributed by atoms with E-state index in [0.29, 0.717) is 28.5 Å². The van der Waals surface area contributed by atoms with Crippen LogP contribution in [0.25, 0.3) is 0 Å². The maximum Gasteiger partial charge on any atom is 0.319 e. The van der Waals surface area contributed by atoms with Crippen LogP contribution in [0.3, 0.4) is 0 Å². The number of rotatable bonds is 10. The highest BCUT2D eigenvalue weighted by atomic mass is 79.9. The van der Waals surface area contributed by atoms with E-state index in [4.69, 9.17) is 18.9 Å². The molecule has 0 fully saturated rings. The van der Waals surface area contributed by atoms with E-state index in [1.807, 2.05) is 42.5 Å². The fourth-order valence-corrected chi connectivity index (χ4v) is 3.98. The lowest BCUT2D eigenvalue weighted by Gasteiger charge is -2.23. The molecule has 2 N–H and O–H groups in total. The van der Waals surface area contributed by atoms with Gasteiger partial charge in [-0.3, -0.25) is 14.9 Å². The van der Waals surface area contributed by atoms with Crippen LogP contribution in [-0.4, -0.2) is 46.9 Å². The maximum atomic E-state index is 13.3. The van der Waals surface area contributed by atoms with E-state index in [1.54, 1.807) is 18.2 Å². The molecule has 184 valence electrons. The fraction of sp³-hybridized carbons (Fsp3) is 0.231. The average Bonchev–Trinajstić information content (AvgIpc) is 2.89. The lowest BCUT2D eigenvalue weighted by atomic mass is 9.96. The van der Waals surface area contributed by atoms with Gasteiger partial charge in [0.2, 0.25) is 5.75 Å². The minimum Gasteiger partial charge on any atom is -0.493 e. The van der Waals surface area contributed by atoms with Gasteiger partial charge in [-0.2, -0.15) is 0 Å². The minimum absolute atomic E-state index is 0.0111. The second kappa shape index (κ2) is 12.2. The van der Waals surface area contributed by atoms with Crippen molar-refractivity contribution >= 4 is 33.5 Å². The standard InChI is InChI=1S/C26H27BrN2O6/c1-32-21-12-17(13-22(33-2)25(21)35-4)26(31)29-20-11-10-18(27)14-19(20)24(28-15-23(30)34-3)16-8-6-5-7-9-16/h5-14,24,28H,15H2,1-4H3,(H,29,31). The first-order chi connectivity index (χ1) is 16.9. The van der Waals surface area contributed by atoms with Gasteiger partial charge in [-0.25, -0.2) is 0 Å². The van der Waals surface area contributed by atoms with Gasteiger partial charge in [-0.05, 0) is 41.5 Å². The number of carbonyl (C=O) groups excluding carboxylic acids is 2. The average molecular weight is 543 g/mol. The van der Waals surface area contributed by atoms with Gasteiger partial charge in [0.05, 0.1) is 41.0 Å². The van der Waals surface area contributed by atoms with E-state index in [2.05, 4.69) is 26.6 Å². The molecule has 1 unspecified atom stereocenters. The van der Waals surface area contributed by atoms with Crippen LogP contribution in [0.15, 0.2) is 65.1 Å². The van der Waals surface area contributed by atoms with E-state index >= 15 is 0 Å². The van der Waals surface area contributed by atoms with E-state index in [-0.39, 0.29) is 12.5 Å². The minimum atomic E-state index is -0.400. The molecule has 3 aromatic carbocycles. The predicted molar refractivity (Wildman–Crippen MR) is 136 cm³/mol. The number of ether oxygens (including phenoxy) is 4. The van der Waals surface area contributed by atoms with Crippen molar-refractivity contribution in [2.75, 3.05) is 40.3 Å². The lowest BCUT2D eigenvalue weighted by molar-refractivity contribution is -0.139. The van der Waals surface area contributed by atoms with E-state index < -0.39 is 12.0 Å². The highest BCUT2D eigenvalue weighted by Gasteiger charge is 2.22. The van der Waals surface area contributed by atoms with Crippen molar-refractivity contribution in [1.29, 1.82) is 0 Å². The molecule has 3 aromatic rings. The van der Waals surface area contributed by atoms with Crippen molar-refractivity contribution in [3.63, 3.8) is 0 Å². The summed E-state index contributed by atoms with van der Waals surface area (Å²) in [5.41, 5.74) is 2.57. The Balaban J connectivity index is 2.01. The fourth-order valence-electron chi connectivity index (χ4n) is 3.60. The van der Waals surface area contributed by atoms with Gasteiger partial charge in [0.15, 0.2) is 11.5 Å². The zero-order valence-corrected chi connectivity index (χ0v) is 21.5. The maximum absolute atomic E-state index is 13.3. The molecule has 0 aliphatic rings. The molecule has 35 heavy (non-hydrogen) atoms. The van der Waals surface area contributed by atoms with Crippen molar-refractivity contribution in [3.05, 3.63) is 81.8 Å². The first-order valence-corrected chi connectivity index (χ1v) is 11.5. The Morgan fingerprint density at radius 2 is 1.54 bits per heavy atom. The Hall–Kier alpha value is -3.56. The number of methoxy groups -OCH3 is 4. The van der Waals surface area contributed by atoms with Crippen LogP contribution in [0.2, 0.25) is 0 Å². The van der Waals surface area contributed by atoms with Gasteiger partial charge in [-0.15, -0.1) is 0 Å². The zero-order chi connectivity index (χ0) is 25.4. The second-order valence-electron chi connectivity index (χ2n) is 7.40. The smallest absolute Gasteiger partial charge is 0.319 e. The molecule has 0 aliphatic heterocycles. The van der Waals surface area contributed by atoms with E-state index in [1.165, 1.54) is 28.4 Å². The van der Waals surface area contributed by atoms with Gasteiger partial charge in [0, 0.05) is 15.7 Å². The number of halogens is 1. The van der Waals surface area contributed by atoms with Crippen LogP contribution in [0, 0.1) is 0 Å². The number of hydrogen-bond acceptors (Lipinski definition) is 7. The van der Waals surface area contributed by atoms with Crippen LogP contribution in [0.4, 0.5) is 5.69 Å². The number of benzene rings is 3. The third-order valence-electron chi connectivity index (χ3n) is 5.31. The first-order valence-electron chi connectivity index (χ1n) is 10.7. The summed E-state index contributed by atoms with van der Waals surface area (Å²) in [5.74, 6) is 0.369. The monoisotopic (exact) mass is 542 g/mol. The summed E-state index contributed by atoms with van der Waals surface area (Å²) in [5, 5.41) is 6.21. The number of nitrogens with one attached hydrogen (secondary N) is 2. The largest absolute Gasteiger partial charge is 0.493 e. The molecule has 0 heterocycles. The Kier molecular flexibility index (Phi) is 9.11. The molecule has 0 saturated carbocycles. The number of anilines is 1. The summed E-state index contributed by atoms with van der Waals surface area (Å²) >= 11 is 3.52. The molecule has 0 saturated heterocycles. The van der Waals surface area contributed by atoms with Crippen LogP contribution in [-0.2, 0) is 9.53 Å². The van der Waals surface area contributed by atoms with Gasteiger partial charge in [0.1, 0.15) is 0 Å². The van der Waals surface area contributed by atoms with Crippen LogP contribution < -0.4 is 24.8 Å². The molecular weight excluding hydrogens is 516 g/mol. The quantitative estimate of drug-likeness (QED) is 0.362. The third-order valence-corrected chi connectivity index (χ3v) is 5.80. The summed E-state index contributed by atoms with van der Waals surface area (Å²) in [6, 6.07) is 17.9. The van der Waals surface area contributed by atoms with Crippen LogP contribution in [0.1, 0.15) is 27.5 Å². The zero-order valence-electron chi connectivity index (χ0n) is 19.9. The lowest BCUT2D eigenvalue weighted by Crippen LogP contribution is -2.30. The molecule has 0 aromatic heterocycles. The summed E-state index contributed by atoms with van der Waals surface area (Å²) in [7, 11) is 5.81. The van der Waals surface area contributed by atoms with E-state index in [0.717, 1.165) is 15.6 Å². The summed E-state index contributed by atoms with van der Waals surface area (Å²) in [4.78, 5) is 25.2. The molecule has 9 heteroatoms. The number of amides is 1. The topological polar surface area (TPSA) is 95.1 Å². The number of carbonyl (C=O) groups is 2. The Bertz CT molecular complexity index is 1160. The molecule has 8 nitrogen and oxygen atoms in total. The molecule has 1 amide bonds. The van der Waals surface area contributed by atoms with Crippen molar-refractivity contribution in [1.82, 2.24) is 5.32 Å². The van der Waals surface area contributed by atoms with Crippen molar-refractivity contribution in [2.24, 2.45) is 0 Å². The summed E-state index contributed by atoms with van der Waals surface area (Å²) in [6.45, 7) is -0.0111. The number of esters is 1. The van der Waals surface area contributed by atoms with Crippen LogP contribution >= 0.6 is 15.9 Å². The normalized spacial score (nSPS) is 11.3. The highest BCUT2D eigenvalue weighted by molar-refractivity contribution is 9.10. The van der Waals surface area contributed by atoms with Crippen LogP contribution in [0.5, 0.6) is 17.2 Å². The Morgan fingerprint density at radius 3 is 2.11 bits per heavy atom. The number of hydrogen-bond donors (Lipinski definition) is 2. The molecule has 0 spiro atoms. The molecule has 0 bridgehead atoms.